The molecule has 174 valence electrons. The van der Waals surface area contributed by atoms with Gasteiger partial charge in [-0.05, 0) is 49.6 Å². The van der Waals surface area contributed by atoms with Crippen molar-refractivity contribution in [2.75, 3.05) is 24.5 Å². The Morgan fingerprint density at radius 3 is 2.31 bits per heavy atom. The number of benzene rings is 2. The van der Waals surface area contributed by atoms with Crippen molar-refractivity contribution in [3.05, 3.63) is 60.2 Å². The number of alkyl halides is 3. The lowest BCUT2D eigenvalue weighted by molar-refractivity contribution is -0.137. The second kappa shape index (κ2) is 10.0. The Hall–Kier alpha value is -2.39. The minimum Gasteiger partial charge on any atom is -0.312 e. The van der Waals surface area contributed by atoms with E-state index < -0.39 is 21.8 Å². The van der Waals surface area contributed by atoms with Crippen LogP contribution in [-0.2, 0) is 21.0 Å². The zero-order valence-corrected chi connectivity index (χ0v) is 18.7. The van der Waals surface area contributed by atoms with Gasteiger partial charge in [0.2, 0.25) is 15.9 Å². The van der Waals surface area contributed by atoms with E-state index in [9.17, 15) is 26.4 Å². The van der Waals surface area contributed by atoms with Crippen LogP contribution >= 0.6 is 0 Å². The maximum atomic E-state index is 13.2. The summed E-state index contributed by atoms with van der Waals surface area (Å²) in [6, 6.07) is 13.1. The molecule has 32 heavy (non-hydrogen) atoms. The number of hydrogen-bond donors (Lipinski definition) is 0. The van der Waals surface area contributed by atoms with E-state index >= 15 is 0 Å². The third-order valence-electron chi connectivity index (χ3n) is 5.67. The fraction of sp³-hybridized carbons (Fsp3) is 0.435. The average molecular weight is 469 g/mol. The minimum absolute atomic E-state index is 0.0410. The standard InChI is InChI=1S/C23H27F3N2O3S/c1-2-3-14-28(20-9-5-4-6-10-20)22(29)18-12-15-27(16-13-18)32(30,31)21-11-7-8-19(17-21)23(24,25)26/h4-11,17-18H,2-3,12-16H2,1H3. The number of nitrogens with zero attached hydrogens (tertiary/aromatic N) is 2. The topological polar surface area (TPSA) is 57.7 Å². The molecule has 1 amide bonds. The van der Waals surface area contributed by atoms with Gasteiger partial charge < -0.3 is 4.90 Å². The van der Waals surface area contributed by atoms with Crippen LogP contribution < -0.4 is 4.90 Å². The number of para-hydroxylation sites is 1. The molecule has 1 fully saturated rings. The molecule has 1 aliphatic rings. The van der Waals surface area contributed by atoms with Gasteiger partial charge in [0.1, 0.15) is 0 Å². The fourth-order valence-electron chi connectivity index (χ4n) is 3.84. The Morgan fingerprint density at radius 2 is 1.72 bits per heavy atom. The van der Waals surface area contributed by atoms with Gasteiger partial charge in [-0.1, -0.05) is 37.6 Å². The number of carbonyl (C=O) groups excluding carboxylic acids is 1. The lowest BCUT2D eigenvalue weighted by Gasteiger charge is -2.34. The van der Waals surface area contributed by atoms with Crippen molar-refractivity contribution < 1.29 is 26.4 Å². The summed E-state index contributed by atoms with van der Waals surface area (Å²) < 4.78 is 66.0. The molecule has 0 radical (unpaired) electrons. The molecule has 5 nitrogen and oxygen atoms in total. The highest BCUT2D eigenvalue weighted by Crippen LogP contribution is 2.32. The van der Waals surface area contributed by atoms with Crippen LogP contribution in [0.5, 0.6) is 0 Å². The first-order valence-electron chi connectivity index (χ1n) is 10.7. The van der Waals surface area contributed by atoms with E-state index in [0.717, 1.165) is 30.7 Å². The minimum atomic E-state index is -4.62. The second-order valence-corrected chi connectivity index (χ2v) is 9.82. The zero-order valence-electron chi connectivity index (χ0n) is 17.9. The first kappa shape index (κ1) is 24.3. The molecular weight excluding hydrogens is 441 g/mol. The number of hydrogen-bond acceptors (Lipinski definition) is 3. The van der Waals surface area contributed by atoms with Gasteiger partial charge in [-0.2, -0.15) is 17.5 Å². The summed E-state index contributed by atoms with van der Waals surface area (Å²) in [7, 11) is -4.07. The molecule has 1 saturated heterocycles. The Balaban J connectivity index is 1.71. The quantitative estimate of drug-likeness (QED) is 0.578. The highest BCUT2D eigenvalue weighted by atomic mass is 32.2. The molecule has 0 bridgehead atoms. The van der Waals surface area contributed by atoms with Gasteiger partial charge in [0.05, 0.1) is 10.5 Å². The molecular formula is C23H27F3N2O3S. The molecule has 2 aromatic rings. The molecule has 0 spiro atoms. The number of sulfonamides is 1. The van der Waals surface area contributed by atoms with Crippen LogP contribution in [0.3, 0.4) is 0 Å². The average Bonchev–Trinajstić information content (AvgIpc) is 2.79. The van der Waals surface area contributed by atoms with E-state index in [0.29, 0.717) is 25.5 Å². The molecule has 0 aromatic heterocycles. The number of anilines is 1. The van der Waals surface area contributed by atoms with E-state index in [2.05, 4.69) is 0 Å². The van der Waals surface area contributed by atoms with Gasteiger partial charge in [-0.15, -0.1) is 0 Å². The predicted molar refractivity (Wildman–Crippen MR) is 117 cm³/mol. The summed E-state index contributed by atoms with van der Waals surface area (Å²) in [5.74, 6) is -0.374. The molecule has 1 heterocycles. The zero-order chi connectivity index (χ0) is 23.4. The summed E-state index contributed by atoms with van der Waals surface area (Å²) in [5, 5.41) is 0. The van der Waals surface area contributed by atoms with Crippen molar-refractivity contribution in [3.63, 3.8) is 0 Å². The largest absolute Gasteiger partial charge is 0.416 e. The van der Waals surface area contributed by atoms with Crippen LogP contribution in [0.25, 0.3) is 0 Å². The van der Waals surface area contributed by atoms with Crippen LogP contribution in [0.2, 0.25) is 0 Å². The maximum absolute atomic E-state index is 13.2. The predicted octanol–water partition coefficient (Wildman–Crippen LogP) is 4.94. The molecule has 0 aliphatic carbocycles. The van der Waals surface area contributed by atoms with Crippen molar-refractivity contribution in [2.24, 2.45) is 5.92 Å². The normalized spacial score (nSPS) is 16.1. The van der Waals surface area contributed by atoms with E-state index in [-0.39, 0.29) is 29.8 Å². The van der Waals surface area contributed by atoms with Gasteiger partial charge >= 0.3 is 6.18 Å². The van der Waals surface area contributed by atoms with E-state index in [1.807, 2.05) is 37.3 Å². The molecule has 0 saturated carbocycles. The van der Waals surface area contributed by atoms with Gasteiger partial charge in [0.25, 0.3) is 0 Å². The van der Waals surface area contributed by atoms with Crippen molar-refractivity contribution in [3.8, 4) is 0 Å². The molecule has 0 atom stereocenters. The Morgan fingerprint density at radius 1 is 1.06 bits per heavy atom. The first-order chi connectivity index (χ1) is 15.1. The van der Waals surface area contributed by atoms with Gasteiger partial charge in [-0.3, -0.25) is 4.79 Å². The summed E-state index contributed by atoms with van der Waals surface area (Å²) in [5.41, 5.74) is -0.192. The number of rotatable bonds is 7. The van der Waals surface area contributed by atoms with Gasteiger partial charge in [0, 0.05) is 31.2 Å². The highest BCUT2D eigenvalue weighted by Gasteiger charge is 2.36. The molecule has 1 aliphatic heterocycles. The SMILES string of the molecule is CCCCN(C(=O)C1CCN(S(=O)(=O)c2cccc(C(F)(F)F)c2)CC1)c1ccccc1. The number of halogens is 3. The third-order valence-corrected chi connectivity index (χ3v) is 7.57. The number of carbonyl (C=O) groups is 1. The molecule has 9 heteroatoms. The number of piperidine rings is 1. The Kier molecular flexibility index (Phi) is 7.61. The maximum Gasteiger partial charge on any atom is 0.416 e. The Labute approximate surface area is 186 Å². The molecule has 3 rings (SSSR count). The van der Waals surface area contributed by atoms with E-state index in [4.69, 9.17) is 0 Å². The van der Waals surface area contributed by atoms with E-state index in [1.54, 1.807) is 4.90 Å². The smallest absolute Gasteiger partial charge is 0.312 e. The van der Waals surface area contributed by atoms with Crippen LogP contribution in [0.1, 0.15) is 38.2 Å². The summed E-state index contributed by atoms with van der Waals surface area (Å²) in [4.78, 5) is 14.6. The van der Waals surface area contributed by atoms with Crippen molar-refractivity contribution >= 4 is 21.6 Å². The molecule has 0 N–H and O–H groups in total. The van der Waals surface area contributed by atoms with Gasteiger partial charge in [0.15, 0.2) is 0 Å². The van der Waals surface area contributed by atoms with E-state index in [1.165, 1.54) is 10.4 Å². The third kappa shape index (κ3) is 5.50. The number of unbranched alkanes of at least 4 members (excludes halogenated alkanes) is 1. The second-order valence-electron chi connectivity index (χ2n) is 7.88. The Bertz CT molecular complexity index is 1020. The van der Waals surface area contributed by atoms with Crippen molar-refractivity contribution in [2.45, 2.75) is 43.7 Å². The summed E-state index contributed by atoms with van der Waals surface area (Å²) >= 11 is 0. The lowest BCUT2D eigenvalue weighted by Crippen LogP contribution is -2.44. The monoisotopic (exact) mass is 468 g/mol. The number of amides is 1. The highest BCUT2D eigenvalue weighted by molar-refractivity contribution is 7.89. The first-order valence-corrected chi connectivity index (χ1v) is 12.1. The summed E-state index contributed by atoms with van der Waals surface area (Å²) in [6.07, 6.45) is -2.18. The summed E-state index contributed by atoms with van der Waals surface area (Å²) in [6.45, 7) is 2.81. The lowest BCUT2D eigenvalue weighted by atomic mass is 9.96. The van der Waals surface area contributed by atoms with Crippen molar-refractivity contribution in [1.29, 1.82) is 0 Å². The fourth-order valence-corrected chi connectivity index (χ4v) is 5.35. The van der Waals surface area contributed by atoms with Crippen LogP contribution in [0.4, 0.5) is 18.9 Å². The van der Waals surface area contributed by atoms with Crippen molar-refractivity contribution in [1.82, 2.24) is 4.31 Å². The molecule has 2 aromatic carbocycles. The van der Waals surface area contributed by atoms with Gasteiger partial charge in [-0.25, -0.2) is 8.42 Å². The van der Waals surface area contributed by atoms with Crippen LogP contribution in [0.15, 0.2) is 59.5 Å². The molecule has 0 unspecified atom stereocenters. The van der Waals surface area contributed by atoms with Crippen LogP contribution in [-0.4, -0.2) is 38.3 Å². The van der Waals surface area contributed by atoms with Crippen LogP contribution in [0, 0.1) is 5.92 Å².